The van der Waals surface area contributed by atoms with Gasteiger partial charge in [0.15, 0.2) is 0 Å². The van der Waals surface area contributed by atoms with Gasteiger partial charge in [0.1, 0.15) is 0 Å². The van der Waals surface area contributed by atoms with Crippen molar-refractivity contribution < 1.29 is 0 Å². The largest absolute Gasteiger partial charge is 0.192 e. The van der Waals surface area contributed by atoms with Crippen molar-refractivity contribution >= 4 is 32.3 Å². The van der Waals surface area contributed by atoms with Crippen molar-refractivity contribution in [3.8, 4) is 6.07 Å². The van der Waals surface area contributed by atoms with Crippen LogP contribution in [0, 0.1) is 17.4 Å². The fraction of sp³-hybridized carbons (Fsp3) is 0. The van der Waals surface area contributed by atoms with Crippen LogP contribution in [-0.4, -0.2) is 0 Å². The van der Waals surface area contributed by atoms with Crippen molar-refractivity contribution in [3.63, 3.8) is 0 Å². The van der Waals surface area contributed by atoms with Crippen molar-refractivity contribution in [1.82, 2.24) is 0 Å². The summed E-state index contributed by atoms with van der Waals surface area (Å²) in [6.45, 7) is 0. The molecule has 81 valence electrons. The van der Waals surface area contributed by atoms with Crippen LogP contribution in [0.15, 0.2) is 48.5 Å². The molecule has 0 saturated heterocycles. The van der Waals surface area contributed by atoms with Gasteiger partial charge in [-0.2, -0.15) is 5.26 Å². The first-order valence-corrected chi connectivity index (χ1v) is 5.86. The van der Waals surface area contributed by atoms with E-state index in [0.717, 1.165) is 21.7 Å². The molecule has 0 atom stereocenters. The van der Waals surface area contributed by atoms with Crippen LogP contribution < -0.4 is 0 Å². The SMILES string of the molecule is N#Cc1cc2cccc3ccc4c[c]cc1c4c32. The van der Waals surface area contributed by atoms with Crippen molar-refractivity contribution in [1.29, 1.82) is 5.26 Å². The molecule has 0 aromatic heterocycles. The molecule has 0 heterocycles. The highest BCUT2D eigenvalue weighted by atomic mass is 14.2. The minimum absolute atomic E-state index is 0.725. The van der Waals surface area contributed by atoms with Crippen LogP contribution in [0.5, 0.6) is 0 Å². The third-order valence-corrected chi connectivity index (χ3v) is 3.56. The highest BCUT2D eigenvalue weighted by Crippen LogP contribution is 2.35. The van der Waals surface area contributed by atoms with Crippen molar-refractivity contribution in [2.75, 3.05) is 0 Å². The number of rotatable bonds is 0. The molecular weight excluding hydrogens is 218 g/mol. The van der Waals surface area contributed by atoms with Gasteiger partial charge in [0, 0.05) is 5.39 Å². The van der Waals surface area contributed by atoms with Crippen LogP contribution in [0.3, 0.4) is 0 Å². The van der Waals surface area contributed by atoms with E-state index in [0.29, 0.717) is 0 Å². The molecule has 0 aliphatic rings. The predicted octanol–water partition coefficient (Wildman–Crippen LogP) is 4.26. The first-order chi connectivity index (χ1) is 8.88. The molecule has 4 aromatic rings. The standard InChI is InChI=1S/C17H8N/c18-10-14-9-13-5-1-3-11-7-8-12-4-2-6-15(14)17(12)16(11)13/h1,3-9H. The molecule has 0 unspecified atom stereocenters. The average molecular weight is 226 g/mol. The summed E-state index contributed by atoms with van der Waals surface area (Å²) in [6, 6.07) is 21.7. The summed E-state index contributed by atoms with van der Waals surface area (Å²) in [4.78, 5) is 0. The van der Waals surface area contributed by atoms with E-state index < -0.39 is 0 Å². The van der Waals surface area contributed by atoms with Crippen LogP contribution >= 0.6 is 0 Å². The third kappa shape index (κ3) is 1.05. The Balaban J connectivity index is 2.48. The molecule has 0 fully saturated rings. The highest BCUT2D eigenvalue weighted by molar-refractivity contribution is 6.24. The van der Waals surface area contributed by atoms with Gasteiger partial charge in [-0.05, 0) is 51.2 Å². The zero-order valence-corrected chi connectivity index (χ0v) is 9.57. The molecular formula is C17H8N. The maximum absolute atomic E-state index is 9.29. The molecule has 0 spiro atoms. The molecule has 1 radical (unpaired) electrons. The van der Waals surface area contributed by atoms with Gasteiger partial charge in [0.05, 0.1) is 11.6 Å². The smallest absolute Gasteiger partial charge is 0.0998 e. The monoisotopic (exact) mass is 226 g/mol. The lowest BCUT2D eigenvalue weighted by Gasteiger charge is -2.11. The number of hydrogen-bond acceptors (Lipinski definition) is 1. The molecule has 0 bridgehead atoms. The van der Waals surface area contributed by atoms with Crippen molar-refractivity contribution in [2.45, 2.75) is 0 Å². The van der Waals surface area contributed by atoms with Crippen LogP contribution in [0.1, 0.15) is 5.56 Å². The van der Waals surface area contributed by atoms with E-state index in [9.17, 15) is 5.26 Å². The molecule has 4 rings (SSSR count). The van der Waals surface area contributed by atoms with Gasteiger partial charge >= 0.3 is 0 Å². The lowest BCUT2D eigenvalue weighted by Crippen LogP contribution is -1.86. The lowest BCUT2D eigenvalue weighted by atomic mass is 9.92. The summed E-state index contributed by atoms with van der Waals surface area (Å²) in [6.07, 6.45) is 0. The molecule has 18 heavy (non-hydrogen) atoms. The van der Waals surface area contributed by atoms with E-state index >= 15 is 0 Å². The minimum Gasteiger partial charge on any atom is -0.192 e. The second-order valence-corrected chi connectivity index (χ2v) is 4.51. The van der Waals surface area contributed by atoms with Gasteiger partial charge < -0.3 is 0 Å². The molecule has 0 N–H and O–H groups in total. The Bertz CT molecular complexity index is 929. The molecule has 0 saturated carbocycles. The van der Waals surface area contributed by atoms with Gasteiger partial charge in [0.25, 0.3) is 0 Å². The molecule has 1 nitrogen and oxygen atoms in total. The van der Waals surface area contributed by atoms with Gasteiger partial charge in [-0.15, -0.1) is 0 Å². The summed E-state index contributed by atoms with van der Waals surface area (Å²) in [5, 5.41) is 16.2. The second-order valence-electron chi connectivity index (χ2n) is 4.51. The fourth-order valence-electron chi connectivity index (χ4n) is 2.78. The third-order valence-electron chi connectivity index (χ3n) is 3.56. The number of nitrogens with zero attached hydrogens (tertiary/aromatic N) is 1. The summed E-state index contributed by atoms with van der Waals surface area (Å²) in [5.41, 5.74) is 0.725. The topological polar surface area (TPSA) is 23.8 Å². The minimum atomic E-state index is 0.725. The van der Waals surface area contributed by atoms with Crippen molar-refractivity contribution in [3.05, 3.63) is 60.2 Å². The molecule has 0 aliphatic heterocycles. The Labute approximate surface area is 104 Å². The van der Waals surface area contributed by atoms with Gasteiger partial charge in [0.2, 0.25) is 0 Å². The first kappa shape index (κ1) is 9.44. The zero-order chi connectivity index (χ0) is 12.1. The number of benzene rings is 4. The Morgan fingerprint density at radius 1 is 0.889 bits per heavy atom. The summed E-state index contributed by atoms with van der Waals surface area (Å²) < 4.78 is 0. The van der Waals surface area contributed by atoms with E-state index in [1.807, 2.05) is 24.3 Å². The maximum Gasteiger partial charge on any atom is 0.0998 e. The quantitative estimate of drug-likeness (QED) is 0.411. The van der Waals surface area contributed by atoms with Gasteiger partial charge in [-0.3, -0.25) is 0 Å². The predicted molar refractivity (Wildman–Crippen MR) is 73.7 cm³/mol. The van der Waals surface area contributed by atoms with Crippen LogP contribution in [0.25, 0.3) is 32.3 Å². The molecule has 0 aliphatic carbocycles. The van der Waals surface area contributed by atoms with Gasteiger partial charge in [-0.25, -0.2) is 0 Å². The van der Waals surface area contributed by atoms with Crippen molar-refractivity contribution in [2.24, 2.45) is 0 Å². The summed E-state index contributed by atoms with van der Waals surface area (Å²) in [7, 11) is 0. The summed E-state index contributed by atoms with van der Waals surface area (Å²) >= 11 is 0. The Kier molecular flexibility index (Phi) is 1.68. The normalized spacial score (nSPS) is 11.3. The average Bonchev–Trinajstić information content (AvgIpc) is 2.44. The van der Waals surface area contributed by atoms with Crippen LogP contribution in [0.2, 0.25) is 0 Å². The number of hydrogen-bond donors (Lipinski definition) is 0. The molecule has 0 amide bonds. The molecule has 1 heteroatoms. The van der Waals surface area contributed by atoms with Gasteiger partial charge in [-0.1, -0.05) is 30.3 Å². The van der Waals surface area contributed by atoms with E-state index in [2.05, 4.69) is 36.4 Å². The second kappa shape index (κ2) is 3.21. The van der Waals surface area contributed by atoms with E-state index in [1.54, 1.807) is 0 Å². The van der Waals surface area contributed by atoms with E-state index in [4.69, 9.17) is 0 Å². The highest BCUT2D eigenvalue weighted by Gasteiger charge is 2.10. The lowest BCUT2D eigenvalue weighted by molar-refractivity contribution is 1.51. The Hall–Kier alpha value is -2.59. The zero-order valence-electron chi connectivity index (χ0n) is 9.57. The fourth-order valence-corrected chi connectivity index (χ4v) is 2.78. The first-order valence-electron chi connectivity index (χ1n) is 5.86. The number of nitriles is 1. The Morgan fingerprint density at radius 3 is 2.61 bits per heavy atom. The summed E-state index contributed by atoms with van der Waals surface area (Å²) in [5.74, 6) is 0. The van der Waals surface area contributed by atoms with E-state index in [1.165, 1.54) is 16.2 Å². The maximum atomic E-state index is 9.29. The Morgan fingerprint density at radius 2 is 1.72 bits per heavy atom. The molecule has 4 aromatic carbocycles. The van der Waals surface area contributed by atoms with Crippen LogP contribution in [-0.2, 0) is 0 Å². The van der Waals surface area contributed by atoms with Crippen LogP contribution in [0.4, 0.5) is 0 Å². The van der Waals surface area contributed by atoms with E-state index in [-0.39, 0.29) is 0 Å².